The average molecular weight is 273 g/mol. The highest BCUT2D eigenvalue weighted by atomic mass is 79.9. The van der Waals surface area contributed by atoms with Crippen LogP contribution in [0.4, 0.5) is 0 Å². The van der Waals surface area contributed by atoms with Gasteiger partial charge in [-0.3, -0.25) is 0 Å². The molecule has 2 rings (SSSR count). The first-order valence-corrected chi connectivity index (χ1v) is 6.09. The predicted octanol–water partition coefficient (Wildman–Crippen LogP) is 2.99. The maximum absolute atomic E-state index is 9.45. The molecule has 0 saturated heterocycles. The van der Waals surface area contributed by atoms with Gasteiger partial charge in [-0.05, 0) is 29.1 Å². The number of phenolic OH excluding ortho intramolecular Hbond substituents is 1. The van der Waals surface area contributed by atoms with Gasteiger partial charge in [-0.25, -0.2) is 0 Å². The Balaban J connectivity index is 2.71. The van der Waals surface area contributed by atoms with Crippen LogP contribution in [0.5, 0.6) is 5.75 Å². The Morgan fingerprint density at radius 1 is 1.29 bits per heavy atom. The zero-order chi connectivity index (χ0) is 10.1. The van der Waals surface area contributed by atoms with Crippen molar-refractivity contribution in [1.29, 1.82) is 0 Å². The van der Waals surface area contributed by atoms with Crippen molar-refractivity contribution in [2.45, 2.75) is 11.9 Å². The Morgan fingerprint density at radius 3 is 2.71 bits per heavy atom. The lowest BCUT2D eigenvalue weighted by Crippen LogP contribution is -1.76. The van der Waals surface area contributed by atoms with Crippen LogP contribution < -0.4 is 0 Å². The Labute approximate surface area is 93.9 Å². The van der Waals surface area contributed by atoms with Crippen molar-refractivity contribution in [1.82, 2.24) is 0 Å². The van der Waals surface area contributed by atoms with Gasteiger partial charge in [-0.15, -0.1) is 11.3 Å². The highest BCUT2D eigenvalue weighted by Gasteiger charge is 2.07. The van der Waals surface area contributed by atoms with E-state index in [0.29, 0.717) is 5.33 Å². The van der Waals surface area contributed by atoms with E-state index in [1.165, 1.54) is 0 Å². The van der Waals surface area contributed by atoms with E-state index in [4.69, 9.17) is 5.11 Å². The third kappa shape index (κ3) is 1.65. The minimum atomic E-state index is 0.0574. The molecule has 0 unspecified atom stereocenters. The first-order chi connectivity index (χ1) is 6.74. The molecular weight excluding hydrogens is 264 g/mol. The third-order valence-electron chi connectivity index (χ3n) is 2.03. The first-order valence-electron chi connectivity index (χ1n) is 4.15. The molecule has 0 amide bonds. The molecule has 4 heteroatoms. The van der Waals surface area contributed by atoms with Gasteiger partial charge in [0.2, 0.25) is 0 Å². The molecule has 0 aliphatic heterocycles. The molecule has 2 aromatic rings. The third-order valence-corrected chi connectivity index (χ3v) is 3.84. The van der Waals surface area contributed by atoms with Crippen molar-refractivity contribution < 1.29 is 10.2 Å². The van der Waals surface area contributed by atoms with Crippen LogP contribution in [0.1, 0.15) is 10.4 Å². The van der Waals surface area contributed by atoms with Crippen molar-refractivity contribution >= 4 is 37.4 Å². The maximum atomic E-state index is 9.45. The lowest BCUT2D eigenvalue weighted by molar-refractivity contribution is 0.285. The van der Waals surface area contributed by atoms with Crippen LogP contribution in [0.2, 0.25) is 0 Å². The maximum Gasteiger partial charge on any atom is 0.116 e. The van der Waals surface area contributed by atoms with Crippen molar-refractivity contribution in [3.05, 3.63) is 28.6 Å². The van der Waals surface area contributed by atoms with E-state index >= 15 is 0 Å². The highest BCUT2D eigenvalue weighted by Crippen LogP contribution is 2.33. The number of aliphatic hydroxyl groups excluding tert-OH is 1. The van der Waals surface area contributed by atoms with Crippen LogP contribution in [0.3, 0.4) is 0 Å². The summed E-state index contributed by atoms with van der Waals surface area (Å²) in [6.45, 7) is 0.0574. The minimum absolute atomic E-state index is 0.0574. The summed E-state index contributed by atoms with van der Waals surface area (Å²) in [7, 11) is 0. The molecule has 0 atom stereocenters. The molecule has 0 aliphatic carbocycles. The summed E-state index contributed by atoms with van der Waals surface area (Å²) in [6, 6.07) is 5.37. The second-order valence-electron chi connectivity index (χ2n) is 3.03. The first kappa shape index (κ1) is 9.96. The smallest absolute Gasteiger partial charge is 0.116 e. The van der Waals surface area contributed by atoms with Crippen molar-refractivity contribution in [3.63, 3.8) is 0 Å². The number of halogens is 1. The molecule has 0 bridgehead atoms. The molecule has 1 aromatic carbocycles. The van der Waals surface area contributed by atoms with Crippen LogP contribution in [0.15, 0.2) is 18.2 Å². The number of aliphatic hydroxyl groups is 1. The fraction of sp³-hybridized carbons (Fsp3) is 0.200. The van der Waals surface area contributed by atoms with Gasteiger partial charge in [0.15, 0.2) is 0 Å². The quantitative estimate of drug-likeness (QED) is 0.826. The standard InChI is InChI=1S/C10H9BrO2S/c11-4-7-2-8(13)1-6-3-9(5-12)14-10(6)7/h1-3,12-13H,4-5H2. The van der Waals surface area contributed by atoms with Gasteiger partial charge in [0.1, 0.15) is 5.75 Å². The van der Waals surface area contributed by atoms with E-state index in [-0.39, 0.29) is 12.4 Å². The van der Waals surface area contributed by atoms with Gasteiger partial charge >= 0.3 is 0 Å². The molecular formula is C10H9BrO2S. The number of phenols is 1. The van der Waals surface area contributed by atoms with Crippen molar-refractivity contribution in [3.8, 4) is 5.75 Å². The van der Waals surface area contributed by atoms with E-state index < -0.39 is 0 Å². The van der Waals surface area contributed by atoms with E-state index in [9.17, 15) is 5.11 Å². The Kier molecular flexibility index (Phi) is 2.76. The number of benzene rings is 1. The summed E-state index contributed by atoms with van der Waals surface area (Å²) in [6.07, 6.45) is 0. The normalized spacial score (nSPS) is 11.0. The monoisotopic (exact) mass is 272 g/mol. The lowest BCUT2D eigenvalue weighted by Gasteiger charge is -1.99. The number of hydrogen-bond donors (Lipinski definition) is 2. The molecule has 0 spiro atoms. The SMILES string of the molecule is OCc1cc2cc(O)cc(CBr)c2s1. The van der Waals surface area contributed by atoms with Crippen molar-refractivity contribution in [2.24, 2.45) is 0 Å². The Hall–Kier alpha value is -0.580. The zero-order valence-corrected chi connectivity index (χ0v) is 9.73. The second kappa shape index (κ2) is 3.88. The topological polar surface area (TPSA) is 40.5 Å². The molecule has 1 heterocycles. The van der Waals surface area contributed by atoms with E-state index in [0.717, 1.165) is 20.5 Å². The summed E-state index contributed by atoms with van der Waals surface area (Å²) in [5.74, 6) is 0.272. The van der Waals surface area contributed by atoms with Crippen molar-refractivity contribution in [2.75, 3.05) is 0 Å². The summed E-state index contributed by atoms with van der Waals surface area (Å²) in [5, 5.41) is 20.2. The van der Waals surface area contributed by atoms with Crippen LogP contribution in [0, 0.1) is 0 Å². The number of thiophene rings is 1. The highest BCUT2D eigenvalue weighted by molar-refractivity contribution is 9.08. The van der Waals surface area contributed by atoms with Crippen LogP contribution in [-0.2, 0) is 11.9 Å². The van der Waals surface area contributed by atoms with Gasteiger partial charge in [-0.2, -0.15) is 0 Å². The summed E-state index contributed by atoms with van der Waals surface area (Å²) in [4.78, 5) is 0.924. The second-order valence-corrected chi connectivity index (χ2v) is 4.73. The number of alkyl halides is 1. The van der Waals surface area contributed by atoms with E-state index in [1.807, 2.05) is 6.07 Å². The molecule has 0 fully saturated rings. The summed E-state index contributed by atoms with van der Waals surface area (Å²) < 4.78 is 1.13. The van der Waals surface area contributed by atoms with Crippen LogP contribution in [0.25, 0.3) is 10.1 Å². The number of fused-ring (bicyclic) bond motifs is 1. The molecule has 0 saturated carbocycles. The minimum Gasteiger partial charge on any atom is -0.508 e. The zero-order valence-electron chi connectivity index (χ0n) is 7.33. The largest absolute Gasteiger partial charge is 0.508 e. The molecule has 1 aromatic heterocycles. The van der Waals surface area contributed by atoms with Gasteiger partial charge < -0.3 is 10.2 Å². The molecule has 0 radical (unpaired) electrons. The number of hydrogen-bond acceptors (Lipinski definition) is 3. The van der Waals surface area contributed by atoms with E-state index in [2.05, 4.69) is 15.9 Å². The Bertz CT molecular complexity index is 464. The van der Waals surface area contributed by atoms with Gasteiger partial charge in [0.05, 0.1) is 6.61 Å². The molecule has 2 N–H and O–H groups in total. The fourth-order valence-electron chi connectivity index (χ4n) is 1.44. The fourth-order valence-corrected chi connectivity index (χ4v) is 3.08. The lowest BCUT2D eigenvalue weighted by atomic mass is 10.2. The van der Waals surface area contributed by atoms with Gasteiger partial charge in [0.25, 0.3) is 0 Å². The molecule has 0 aliphatic rings. The molecule has 2 nitrogen and oxygen atoms in total. The Morgan fingerprint density at radius 2 is 2.07 bits per heavy atom. The summed E-state index contributed by atoms with van der Waals surface area (Å²) in [5.41, 5.74) is 1.06. The van der Waals surface area contributed by atoms with Gasteiger partial charge in [-0.1, -0.05) is 15.9 Å². The molecule has 74 valence electrons. The van der Waals surface area contributed by atoms with E-state index in [1.54, 1.807) is 23.5 Å². The van der Waals surface area contributed by atoms with Crippen LogP contribution in [-0.4, -0.2) is 10.2 Å². The molecule has 14 heavy (non-hydrogen) atoms. The summed E-state index contributed by atoms with van der Waals surface area (Å²) >= 11 is 4.94. The average Bonchev–Trinajstić information content (AvgIpc) is 2.59. The predicted molar refractivity (Wildman–Crippen MR) is 62.0 cm³/mol. The van der Waals surface area contributed by atoms with Gasteiger partial charge in [0, 0.05) is 14.9 Å². The number of aromatic hydroxyl groups is 1. The van der Waals surface area contributed by atoms with Crippen LogP contribution >= 0.6 is 27.3 Å². The number of rotatable bonds is 2.